The van der Waals surface area contributed by atoms with Gasteiger partial charge in [-0.3, -0.25) is 0 Å². The minimum atomic E-state index is -0.00847. The minimum absolute atomic E-state index is 0.00847. The van der Waals surface area contributed by atoms with Gasteiger partial charge in [0.2, 0.25) is 0 Å². The molecule has 74 valence electrons. The highest BCUT2D eigenvalue weighted by molar-refractivity contribution is 9.10. The Balaban J connectivity index is 2.69. The van der Waals surface area contributed by atoms with Crippen molar-refractivity contribution in [3.8, 4) is 0 Å². The predicted octanol–water partition coefficient (Wildman–Crippen LogP) is 2.79. The number of pyridine rings is 1. The van der Waals surface area contributed by atoms with Crippen LogP contribution in [0.3, 0.4) is 0 Å². The number of hydrogen-bond donors (Lipinski definition) is 0. The van der Waals surface area contributed by atoms with E-state index < -0.39 is 0 Å². The van der Waals surface area contributed by atoms with Crippen molar-refractivity contribution in [1.82, 2.24) is 14.6 Å². The molecule has 0 fully saturated rings. The van der Waals surface area contributed by atoms with Crippen LogP contribution in [0.2, 0.25) is 0 Å². The van der Waals surface area contributed by atoms with Crippen LogP contribution in [0, 0.1) is 0 Å². The molecule has 4 heteroatoms. The molecule has 0 aliphatic carbocycles. The van der Waals surface area contributed by atoms with Crippen molar-refractivity contribution in [2.45, 2.75) is 26.2 Å². The lowest BCUT2D eigenvalue weighted by molar-refractivity contribution is 0.545. The van der Waals surface area contributed by atoms with Crippen molar-refractivity contribution >= 4 is 21.6 Å². The molecular weight excluding hydrogens is 242 g/mol. The van der Waals surface area contributed by atoms with Gasteiger partial charge in [0, 0.05) is 11.6 Å². The van der Waals surface area contributed by atoms with Crippen LogP contribution < -0.4 is 0 Å². The van der Waals surface area contributed by atoms with Crippen LogP contribution in [0.15, 0.2) is 22.8 Å². The second kappa shape index (κ2) is 3.05. The van der Waals surface area contributed by atoms with E-state index >= 15 is 0 Å². The second-order valence-electron chi connectivity index (χ2n) is 4.31. The molecule has 2 aromatic heterocycles. The number of nitrogens with zero attached hydrogens (tertiary/aromatic N) is 3. The van der Waals surface area contributed by atoms with Crippen LogP contribution in [0.4, 0.5) is 0 Å². The molecule has 14 heavy (non-hydrogen) atoms. The Kier molecular flexibility index (Phi) is 2.10. The number of aromatic nitrogens is 3. The van der Waals surface area contributed by atoms with Crippen LogP contribution >= 0.6 is 15.9 Å². The molecule has 0 bridgehead atoms. The van der Waals surface area contributed by atoms with Gasteiger partial charge in [-0.05, 0) is 28.1 Å². The van der Waals surface area contributed by atoms with Crippen LogP contribution in [-0.4, -0.2) is 14.6 Å². The lowest BCUT2D eigenvalue weighted by atomic mass is 9.96. The lowest BCUT2D eigenvalue weighted by Crippen LogP contribution is -2.13. The molecule has 0 aliphatic rings. The van der Waals surface area contributed by atoms with Crippen molar-refractivity contribution < 1.29 is 0 Å². The zero-order valence-electron chi connectivity index (χ0n) is 8.45. The Bertz CT molecular complexity index is 468. The topological polar surface area (TPSA) is 30.2 Å². The van der Waals surface area contributed by atoms with Gasteiger partial charge in [-0.1, -0.05) is 20.8 Å². The maximum Gasteiger partial charge on any atom is 0.169 e. The molecule has 0 atom stereocenters. The Morgan fingerprint density at radius 1 is 1.36 bits per heavy atom. The summed E-state index contributed by atoms with van der Waals surface area (Å²) >= 11 is 3.45. The molecule has 2 aromatic rings. The summed E-state index contributed by atoms with van der Waals surface area (Å²) in [4.78, 5) is 4.49. The zero-order valence-corrected chi connectivity index (χ0v) is 10.0. The summed E-state index contributed by atoms with van der Waals surface area (Å²) < 4.78 is 2.77. The summed E-state index contributed by atoms with van der Waals surface area (Å²) in [6.07, 6.45) is 1.91. The summed E-state index contributed by atoms with van der Waals surface area (Å²) in [6, 6.07) is 3.91. The van der Waals surface area contributed by atoms with Crippen LogP contribution in [0.1, 0.15) is 26.6 Å². The highest BCUT2D eigenvalue weighted by atomic mass is 79.9. The molecule has 2 rings (SSSR count). The summed E-state index contributed by atoms with van der Waals surface area (Å²) in [6.45, 7) is 6.32. The van der Waals surface area contributed by atoms with Crippen molar-refractivity contribution in [2.24, 2.45) is 0 Å². The van der Waals surface area contributed by atoms with Gasteiger partial charge in [-0.2, -0.15) is 5.10 Å². The monoisotopic (exact) mass is 253 g/mol. The van der Waals surface area contributed by atoms with E-state index in [0.717, 1.165) is 15.9 Å². The molecule has 2 heterocycles. The van der Waals surface area contributed by atoms with E-state index in [2.05, 4.69) is 46.8 Å². The number of halogens is 1. The maximum absolute atomic E-state index is 4.49. The molecule has 0 saturated carbocycles. The van der Waals surface area contributed by atoms with Crippen LogP contribution in [0.25, 0.3) is 5.65 Å². The van der Waals surface area contributed by atoms with Gasteiger partial charge >= 0.3 is 0 Å². The first-order valence-corrected chi connectivity index (χ1v) is 5.29. The molecule has 0 aliphatic heterocycles. The van der Waals surface area contributed by atoms with Gasteiger partial charge in [0.25, 0.3) is 0 Å². The fraction of sp³-hybridized carbons (Fsp3) is 0.400. The molecule has 3 nitrogen and oxygen atoms in total. The summed E-state index contributed by atoms with van der Waals surface area (Å²) in [5, 5.41) is 4.42. The Morgan fingerprint density at radius 2 is 2.07 bits per heavy atom. The average Bonchev–Trinajstić information content (AvgIpc) is 2.48. The third-order valence-electron chi connectivity index (χ3n) is 1.99. The highest BCUT2D eigenvalue weighted by Crippen LogP contribution is 2.22. The quantitative estimate of drug-likeness (QED) is 0.723. The SMILES string of the molecule is CC(C)(C)c1nc2c(Br)cccn2n1. The third-order valence-corrected chi connectivity index (χ3v) is 2.60. The van der Waals surface area contributed by atoms with E-state index in [9.17, 15) is 0 Å². The molecule has 0 saturated heterocycles. The molecule has 0 unspecified atom stereocenters. The van der Waals surface area contributed by atoms with E-state index in [1.165, 1.54) is 0 Å². The summed E-state index contributed by atoms with van der Waals surface area (Å²) in [5.41, 5.74) is 0.864. The first-order valence-electron chi connectivity index (χ1n) is 4.50. The first-order chi connectivity index (χ1) is 6.48. The lowest BCUT2D eigenvalue weighted by Gasteiger charge is -2.11. The van der Waals surface area contributed by atoms with E-state index in [1.54, 1.807) is 4.52 Å². The Morgan fingerprint density at radius 3 is 2.64 bits per heavy atom. The summed E-state index contributed by atoms with van der Waals surface area (Å²) in [7, 11) is 0. The van der Waals surface area contributed by atoms with Crippen LogP contribution in [0.5, 0.6) is 0 Å². The fourth-order valence-electron chi connectivity index (χ4n) is 1.19. The van der Waals surface area contributed by atoms with Gasteiger partial charge in [-0.15, -0.1) is 0 Å². The van der Waals surface area contributed by atoms with Crippen molar-refractivity contribution in [3.63, 3.8) is 0 Å². The number of rotatable bonds is 0. The van der Waals surface area contributed by atoms with Gasteiger partial charge in [0.1, 0.15) is 0 Å². The van der Waals surface area contributed by atoms with E-state index in [0.29, 0.717) is 0 Å². The fourth-order valence-corrected chi connectivity index (χ4v) is 1.61. The molecule has 0 radical (unpaired) electrons. The summed E-state index contributed by atoms with van der Waals surface area (Å²) in [5.74, 6) is 0.865. The third kappa shape index (κ3) is 1.54. The van der Waals surface area contributed by atoms with Crippen LogP contribution in [-0.2, 0) is 5.41 Å². The van der Waals surface area contributed by atoms with Gasteiger partial charge < -0.3 is 0 Å². The second-order valence-corrected chi connectivity index (χ2v) is 5.16. The molecule has 0 N–H and O–H groups in total. The Labute approximate surface area is 91.3 Å². The predicted molar refractivity (Wildman–Crippen MR) is 59.4 cm³/mol. The maximum atomic E-state index is 4.49. The number of fused-ring (bicyclic) bond motifs is 1. The normalized spacial score (nSPS) is 12.3. The smallest absolute Gasteiger partial charge is 0.169 e. The van der Waals surface area contributed by atoms with Gasteiger partial charge in [0.05, 0.1) is 4.47 Å². The largest absolute Gasteiger partial charge is 0.220 e. The highest BCUT2D eigenvalue weighted by Gasteiger charge is 2.19. The zero-order chi connectivity index (χ0) is 10.3. The van der Waals surface area contributed by atoms with Crippen molar-refractivity contribution in [1.29, 1.82) is 0 Å². The minimum Gasteiger partial charge on any atom is -0.220 e. The molecular formula is C10H12BrN3. The van der Waals surface area contributed by atoms with Crippen molar-refractivity contribution in [2.75, 3.05) is 0 Å². The van der Waals surface area contributed by atoms with Gasteiger partial charge in [-0.25, -0.2) is 9.50 Å². The average molecular weight is 254 g/mol. The Hall–Kier alpha value is -0.900. The van der Waals surface area contributed by atoms with Gasteiger partial charge in [0.15, 0.2) is 11.5 Å². The van der Waals surface area contributed by atoms with E-state index in [-0.39, 0.29) is 5.41 Å². The van der Waals surface area contributed by atoms with E-state index in [4.69, 9.17) is 0 Å². The van der Waals surface area contributed by atoms with Crippen molar-refractivity contribution in [3.05, 3.63) is 28.6 Å². The van der Waals surface area contributed by atoms with E-state index in [1.807, 2.05) is 18.3 Å². The number of hydrogen-bond acceptors (Lipinski definition) is 2. The first kappa shape index (κ1) is 9.65. The molecule has 0 aromatic carbocycles. The molecule has 0 amide bonds. The molecule has 0 spiro atoms. The standard InChI is InChI=1S/C10H12BrN3/c1-10(2,3)9-12-8-7(11)5-4-6-14(8)13-9/h4-6H,1-3H3.